The summed E-state index contributed by atoms with van der Waals surface area (Å²) in [4.78, 5) is 12.5. The van der Waals surface area contributed by atoms with Gasteiger partial charge in [-0.3, -0.25) is 10.0 Å². The van der Waals surface area contributed by atoms with E-state index in [1.54, 1.807) is 62.6 Å². The lowest BCUT2D eigenvalue weighted by molar-refractivity contribution is -0.136. The number of benzene rings is 2. The summed E-state index contributed by atoms with van der Waals surface area (Å²) in [5.41, 5.74) is 1.56. The maximum Gasteiger partial charge on any atom is 0.262 e. The Morgan fingerprint density at radius 1 is 1.11 bits per heavy atom. The molecule has 0 radical (unpaired) electrons. The van der Waals surface area contributed by atoms with E-state index in [0.29, 0.717) is 5.75 Å². The molecule has 0 heterocycles. The largest absolute Gasteiger partial charge is 0.497 e. The fourth-order valence-electron chi connectivity index (χ4n) is 2.98. The molecule has 0 bridgehead atoms. The number of nitrogens with one attached hydrogen (secondary N) is 1. The third kappa shape index (κ3) is 4.89. The van der Waals surface area contributed by atoms with E-state index in [1.807, 2.05) is 6.07 Å². The van der Waals surface area contributed by atoms with Gasteiger partial charge in [0.2, 0.25) is 10.0 Å². The van der Waals surface area contributed by atoms with Crippen molar-refractivity contribution in [1.29, 1.82) is 0 Å². The zero-order chi connectivity index (χ0) is 20.9. The van der Waals surface area contributed by atoms with Crippen LogP contribution in [0, 0.1) is 5.41 Å². The summed E-state index contributed by atoms with van der Waals surface area (Å²) in [6.45, 7) is 5.21. The van der Waals surface area contributed by atoms with E-state index in [0.717, 1.165) is 9.87 Å². The number of carbonyl (C=O) groups excluding carboxylic acids is 1. The minimum Gasteiger partial charge on any atom is -0.497 e. The Hall–Kier alpha value is -2.42. The van der Waals surface area contributed by atoms with Crippen molar-refractivity contribution < 1.29 is 23.2 Å². The molecule has 0 aliphatic carbocycles. The van der Waals surface area contributed by atoms with E-state index in [1.165, 1.54) is 19.2 Å². The van der Waals surface area contributed by atoms with Gasteiger partial charge in [0.05, 0.1) is 12.0 Å². The van der Waals surface area contributed by atoms with Crippen molar-refractivity contribution in [3.8, 4) is 5.75 Å². The Balaban J connectivity index is 2.59. The topological polar surface area (TPSA) is 95.9 Å². The average Bonchev–Trinajstić information content (AvgIpc) is 2.67. The van der Waals surface area contributed by atoms with Crippen LogP contribution in [0.15, 0.2) is 59.5 Å². The van der Waals surface area contributed by atoms with Gasteiger partial charge in [-0.15, -0.1) is 0 Å². The fourth-order valence-corrected chi connectivity index (χ4v) is 4.74. The maximum absolute atomic E-state index is 13.5. The predicted octanol–water partition coefficient (Wildman–Crippen LogP) is 2.81. The monoisotopic (exact) mass is 406 g/mol. The molecule has 0 saturated carbocycles. The molecule has 2 aromatic carbocycles. The van der Waals surface area contributed by atoms with Gasteiger partial charge in [0.15, 0.2) is 0 Å². The van der Waals surface area contributed by atoms with Crippen LogP contribution in [0.2, 0.25) is 0 Å². The fraction of sp³-hybridized carbons (Fsp3) is 0.350. The molecule has 0 aliphatic rings. The molecule has 2 rings (SSSR count). The van der Waals surface area contributed by atoms with E-state index < -0.39 is 27.4 Å². The number of hydrogen-bond donors (Lipinski definition) is 2. The molecule has 2 aromatic rings. The van der Waals surface area contributed by atoms with E-state index in [-0.39, 0.29) is 11.4 Å². The van der Waals surface area contributed by atoms with Crippen LogP contribution in [0.4, 0.5) is 0 Å². The van der Waals surface area contributed by atoms with Gasteiger partial charge >= 0.3 is 0 Å². The molecule has 1 atom stereocenters. The van der Waals surface area contributed by atoms with Crippen molar-refractivity contribution in [2.75, 3.05) is 7.11 Å². The van der Waals surface area contributed by atoms with Crippen molar-refractivity contribution in [3.63, 3.8) is 0 Å². The lowest BCUT2D eigenvalue weighted by Crippen LogP contribution is -2.54. The molecule has 152 valence electrons. The van der Waals surface area contributed by atoms with Gasteiger partial charge in [-0.25, -0.2) is 13.9 Å². The van der Waals surface area contributed by atoms with Gasteiger partial charge in [0, 0.05) is 6.54 Å². The lowest BCUT2D eigenvalue weighted by Gasteiger charge is -2.37. The van der Waals surface area contributed by atoms with E-state index in [2.05, 4.69) is 0 Å². The third-order valence-electron chi connectivity index (χ3n) is 4.31. The number of rotatable bonds is 7. The summed E-state index contributed by atoms with van der Waals surface area (Å²) >= 11 is 0. The van der Waals surface area contributed by atoms with Crippen LogP contribution in [0.3, 0.4) is 0 Å². The second kappa shape index (κ2) is 8.72. The first-order valence-corrected chi connectivity index (χ1v) is 10.2. The molecule has 0 saturated heterocycles. The number of ether oxygens (including phenoxy) is 1. The zero-order valence-electron chi connectivity index (χ0n) is 16.4. The SMILES string of the molecule is COc1ccc(S(=O)(=O)N(Cc2ccccc2)C(C(=O)NO)C(C)(C)C)cc1. The average molecular weight is 407 g/mol. The van der Waals surface area contributed by atoms with Crippen LogP contribution in [0.5, 0.6) is 5.75 Å². The van der Waals surface area contributed by atoms with Crippen LogP contribution < -0.4 is 10.2 Å². The molecule has 1 amide bonds. The van der Waals surface area contributed by atoms with Crippen LogP contribution in [-0.2, 0) is 21.4 Å². The number of amides is 1. The molecule has 0 aromatic heterocycles. The highest BCUT2D eigenvalue weighted by Gasteiger charge is 2.43. The lowest BCUT2D eigenvalue weighted by atomic mass is 9.86. The molecule has 0 spiro atoms. The Bertz CT molecular complexity index is 890. The van der Waals surface area contributed by atoms with Crippen molar-refractivity contribution in [1.82, 2.24) is 9.79 Å². The van der Waals surface area contributed by atoms with Crippen molar-refractivity contribution in [3.05, 3.63) is 60.2 Å². The number of hydroxylamine groups is 1. The highest BCUT2D eigenvalue weighted by Crippen LogP contribution is 2.31. The second-order valence-corrected chi connectivity index (χ2v) is 9.35. The summed E-state index contributed by atoms with van der Waals surface area (Å²) in [5, 5.41) is 9.25. The number of methoxy groups -OCH3 is 1. The Morgan fingerprint density at radius 2 is 1.68 bits per heavy atom. The smallest absolute Gasteiger partial charge is 0.262 e. The second-order valence-electron chi connectivity index (χ2n) is 7.46. The number of sulfonamides is 1. The van der Waals surface area contributed by atoms with Gasteiger partial charge in [-0.2, -0.15) is 4.31 Å². The van der Waals surface area contributed by atoms with Crippen molar-refractivity contribution >= 4 is 15.9 Å². The van der Waals surface area contributed by atoms with Crippen molar-refractivity contribution in [2.24, 2.45) is 5.41 Å². The van der Waals surface area contributed by atoms with Crippen molar-refractivity contribution in [2.45, 2.75) is 38.3 Å². The molecule has 28 heavy (non-hydrogen) atoms. The Kier molecular flexibility index (Phi) is 6.82. The van der Waals surface area contributed by atoms with Gasteiger partial charge in [0.25, 0.3) is 5.91 Å². The van der Waals surface area contributed by atoms with Crippen LogP contribution in [0.1, 0.15) is 26.3 Å². The molecule has 1 unspecified atom stereocenters. The molecule has 0 aliphatic heterocycles. The molecule has 8 heteroatoms. The van der Waals surface area contributed by atoms with E-state index >= 15 is 0 Å². The predicted molar refractivity (Wildman–Crippen MR) is 105 cm³/mol. The summed E-state index contributed by atoms with van der Waals surface area (Å²) in [7, 11) is -2.56. The summed E-state index contributed by atoms with van der Waals surface area (Å²) in [6, 6.07) is 13.8. The van der Waals surface area contributed by atoms with Crippen LogP contribution in [-0.4, -0.2) is 37.0 Å². The number of hydrogen-bond acceptors (Lipinski definition) is 5. The van der Waals surface area contributed by atoms with Gasteiger partial charge < -0.3 is 4.74 Å². The highest BCUT2D eigenvalue weighted by molar-refractivity contribution is 7.89. The quantitative estimate of drug-likeness (QED) is 0.544. The summed E-state index contributed by atoms with van der Waals surface area (Å²) in [5.74, 6) is -0.269. The number of nitrogens with zero attached hydrogens (tertiary/aromatic N) is 1. The van der Waals surface area contributed by atoms with Gasteiger partial charge in [0.1, 0.15) is 11.8 Å². The zero-order valence-corrected chi connectivity index (χ0v) is 17.2. The molecule has 7 nitrogen and oxygen atoms in total. The van der Waals surface area contributed by atoms with Gasteiger partial charge in [-0.1, -0.05) is 51.1 Å². The first kappa shape index (κ1) is 21.9. The Morgan fingerprint density at radius 3 is 2.14 bits per heavy atom. The first-order chi connectivity index (χ1) is 13.1. The van der Waals surface area contributed by atoms with Crippen LogP contribution >= 0.6 is 0 Å². The van der Waals surface area contributed by atoms with Crippen LogP contribution in [0.25, 0.3) is 0 Å². The molecular weight excluding hydrogens is 380 g/mol. The van der Waals surface area contributed by atoms with Gasteiger partial charge in [-0.05, 0) is 35.2 Å². The Labute approximate surface area is 166 Å². The maximum atomic E-state index is 13.5. The standard InChI is InChI=1S/C20H26N2O5S/c1-20(2,3)18(19(23)21-24)22(14-15-8-6-5-7-9-15)28(25,26)17-12-10-16(27-4)11-13-17/h5-13,18,24H,14H2,1-4H3,(H,21,23). The summed E-state index contributed by atoms with van der Waals surface area (Å²) < 4.78 is 33.1. The normalized spacial score (nSPS) is 13.2. The van der Waals surface area contributed by atoms with E-state index in [9.17, 15) is 18.4 Å². The first-order valence-electron chi connectivity index (χ1n) is 8.75. The molecular formula is C20H26N2O5S. The highest BCUT2D eigenvalue weighted by atomic mass is 32.2. The third-order valence-corrected chi connectivity index (χ3v) is 6.14. The number of carbonyl (C=O) groups is 1. The minimum atomic E-state index is -4.06. The van der Waals surface area contributed by atoms with E-state index in [4.69, 9.17) is 4.74 Å². The summed E-state index contributed by atoms with van der Waals surface area (Å²) in [6.07, 6.45) is 0. The minimum absolute atomic E-state index is 0.0233. The molecule has 0 fully saturated rings. The molecule has 2 N–H and O–H groups in total.